The molecule has 33 heavy (non-hydrogen) atoms. The highest BCUT2D eigenvalue weighted by Crippen LogP contribution is 2.32. The van der Waals surface area contributed by atoms with Gasteiger partial charge in [0, 0.05) is 25.0 Å². The van der Waals surface area contributed by atoms with E-state index in [-0.39, 0.29) is 0 Å². The molecule has 9 nitrogen and oxygen atoms in total. The van der Waals surface area contributed by atoms with E-state index in [9.17, 15) is 0 Å². The van der Waals surface area contributed by atoms with Gasteiger partial charge in [-0.3, -0.25) is 4.98 Å². The molecule has 0 amide bonds. The van der Waals surface area contributed by atoms with Crippen molar-refractivity contribution in [3.63, 3.8) is 0 Å². The highest BCUT2D eigenvalue weighted by molar-refractivity contribution is 5.84. The van der Waals surface area contributed by atoms with E-state index < -0.39 is 0 Å². The number of hydrogen-bond acceptors (Lipinski definition) is 8. The lowest BCUT2D eigenvalue weighted by molar-refractivity contribution is 0.358. The molecular weight excluding hydrogens is 416 g/mol. The number of imidazole rings is 1. The average Bonchev–Trinajstić information content (AvgIpc) is 3.30. The SMILES string of the molecule is COc1ccc(CCNc2nc(Nc3cnccn3)nc3c2ncn3C2CCCCC2)cc1. The third-order valence-electron chi connectivity index (χ3n) is 6.06. The van der Waals surface area contributed by atoms with Gasteiger partial charge in [-0.25, -0.2) is 9.97 Å². The molecule has 5 rings (SSSR count). The molecule has 3 heterocycles. The second-order valence-electron chi connectivity index (χ2n) is 8.25. The van der Waals surface area contributed by atoms with Crippen LogP contribution >= 0.6 is 0 Å². The smallest absolute Gasteiger partial charge is 0.232 e. The van der Waals surface area contributed by atoms with Crippen LogP contribution in [0.2, 0.25) is 0 Å². The van der Waals surface area contributed by atoms with Crippen LogP contribution in [0.1, 0.15) is 43.7 Å². The van der Waals surface area contributed by atoms with Crippen LogP contribution in [0.5, 0.6) is 5.75 Å². The largest absolute Gasteiger partial charge is 0.497 e. The summed E-state index contributed by atoms with van der Waals surface area (Å²) in [5.74, 6) is 2.66. The number of anilines is 3. The van der Waals surface area contributed by atoms with E-state index in [1.54, 1.807) is 25.7 Å². The maximum absolute atomic E-state index is 5.25. The van der Waals surface area contributed by atoms with Gasteiger partial charge in [0.2, 0.25) is 5.95 Å². The van der Waals surface area contributed by atoms with E-state index in [1.165, 1.54) is 24.8 Å². The molecule has 1 aliphatic rings. The fraction of sp³-hybridized carbons (Fsp3) is 0.375. The van der Waals surface area contributed by atoms with Crippen molar-refractivity contribution < 1.29 is 4.74 Å². The van der Waals surface area contributed by atoms with Gasteiger partial charge in [0.05, 0.1) is 19.6 Å². The fourth-order valence-corrected chi connectivity index (χ4v) is 4.32. The minimum absolute atomic E-state index is 0.426. The molecule has 0 bridgehead atoms. The molecule has 0 atom stereocenters. The van der Waals surface area contributed by atoms with E-state index in [0.717, 1.165) is 48.5 Å². The molecule has 1 fully saturated rings. The lowest BCUT2D eigenvalue weighted by atomic mass is 9.95. The van der Waals surface area contributed by atoms with Crippen LogP contribution in [0, 0.1) is 0 Å². The zero-order valence-corrected chi connectivity index (χ0v) is 18.7. The molecule has 2 N–H and O–H groups in total. The van der Waals surface area contributed by atoms with Gasteiger partial charge in [-0.1, -0.05) is 31.4 Å². The number of nitrogens with zero attached hydrogens (tertiary/aromatic N) is 6. The van der Waals surface area contributed by atoms with Gasteiger partial charge in [-0.05, 0) is 37.0 Å². The molecule has 0 unspecified atom stereocenters. The monoisotopic (exact) mass is 444 g/mol. The maximum atomic E-state index is 5.25. The van der Waals surface area contributed by atoms with Crippen molar-refractivity contribution in [3.8, 4) is 5.75 Å². The summed E-state index contributed by atoms with van der Waals surface area (Å²) in [6, 6.07) is 8.54. The Morgan fingerprint density at radius 2 is 1.88 bits per heavy atom. The molecule has 1 aromatic carbocycles. The lowest BCUT2D eigenvalue weighted by Gasteiger charge is -2.23. The van der Waals surface area contributed by atoms with Crippen molar-refractivity contribution in [2.75, 3.05) is 24.3 Å². The van der Waals surface area contributed by atoms with Gasteiger partial charge in [-0.2, -0.15) is 9.97 Å². The van der Waals surface area contributed by atoms with Crippen molar-refractivity contribution in [2.24, 2.45) is 0 Å². The summed E-state index contributed by atoms with van der Waals surface area (Å²) in [5, 5.41) is 6.66. The van der Waals surface area contributed by atoms with E-state index in [0.29, 0.717) is 17.8 Å². The Bertz CT molecular complexity index is 1190. The summed E-state index contributed by atoms with van der Waals surface area (Å²) in [7, 11) is 1.68. The number of benzene rings is 1. The van der Waals surface area contributed by atoms with Gasteiger partial charge in [0.1, 0.15) is 5.75 Å². The zero-order valence-electron chi connectivity index (χ0n) is 18.7. The van der Waals surface area contributed by atoms with Crippen molar-refractivity contribution in [1.82, 2.24) is 29.5 Å². The van der Waals surface area contributed by atoms with Crippen LogP contribution in [0.3, 0.4) is 0 Å². The van der Waals surface area contributed by atoms with E-state index >= 15 is 0 Å². The molecule has 0 aliphatic heterocycles. The van der Waals surface area contributed by atoms with Gasteiger partial charge < -0.3 is 19.9 Å². The molecule has 3 aromatic heterocycles. The molecule has 0 saturated heterocycles. The Morgan fingerprint density at radius 1 is 1.03 bits per heavy atom. The number of rotatable bonds is 8. The first-order chi connectivity index (χ1) is 16.3. The number of aromatic nitrogens is 6. The molecule has 1 saturated carbocycles. The topological polar surface area (TPSA) is 103 Å². The Balaban J connectivity index is 1.41. The van der Waals surface area contributed by atoms with Crippen molar-refractivity contribution in [1.29, 1.82) is 0 Å². The van der Waals surface area contributed by atoms with E-state index in [4.69, 9.17) is 19.7 Å². The summed E-state index contributed by atoms with van der Waals surface area (Å²) >= 11 is 0. The summed E-state index contributed by atoms with van der Waals surface area (Å²) in [6.45, 7) is 0.722. The number of hydrogen-bond donors (Lipinski definition) is 2. The summed E-state index contributed by atoms with van der Waals surface area (Å²) in [6.07, 6.45) is 13.8. The van der Waals surface area contributed by atoms with Gasteiger partial charge in [0.15, 0.2) is 22.8 Å². The quantitative estimate of drug-likeness (QED) is 0.409. The molecular formula is C24H28N8O. The summed E-state index contributed by atoms with van der Waals surface area (Å²) < 4.78 is 7.46. The van der Waals surface area contributed by atoms with E-state index in [2.05, 4.69) is 37.3 Å². The molecule has 170 valence electrons. The van der Waals surface area contributed by atoms with Crippen LogP contribution in [0.15, 0.2) is 49.2 Å². The van der Waals surface area contributed by atoms with Crippen molar-refractivity contribution in [3.05, 3.63) is 54.7 Å². The van der Waals surface area contributed by atoms with Crippen LogP contribution in [-0.4, -0.2) is 43.1 Å². The number of methoxy groups -OCH3 is 1. The molecule has 9 heteroatoms. The predicted molar refractivity (Wildman–Crippen MR) is 128 cm³/mol. The minimum atomic E-state index is 0.426. The first-order valence-corrected chi connectivity index (χ1v) is 11.4. The first-order valence-electron chi connectivity index (χ1n) is 11.4. The second-order valence-corrected chi connectivity index (χ2v) is 8.25. The Hall–Kier alpha value is -3.75. The number of ether oxygens (including phenoxy) is 1. The highest BCUT2D eigenvalue weighted by Gasteiger charge is 2.21. The predicted octanol–water partition coefficient (Wildman–Crippen LogP) is 4.53. The Kier molecular flexibility index (Phi) is 6.27. The highest BCUT2D eigenvalue weighted by atomic mass is 16.5. The normalized spacial score (nSPS) is 14.3. The van der Waals surface area contributed by atoms with Crippen LogP contribution in [0.25, 0.3) is 11.2 Å². The molecule has 0 radical (unpaired) electrons. The third kappa shape index (κ3) is 4.87. The molecule has 4 aromatic rings. The fourth-order valence-electron chi connectivity index (χ4n) is 4.32. The van der Waals surface area contributed by atoms with Gasteiger partial charge in [-0.15, -0.1) is 0 Å². The van der Waals surface area contributed by atoms with Crippen LogP contribution in [-0.2, 0) is 6.42 Å². The Labute approximate surface area is 192 Å². The lowest BCUT2D eigenvalue weighted by Crippen LogP contribution is -2.14. The standard InChI is InChI=1S/C24H28N8O/c1-33-19-9-7-17(8-10-19)11-12-27-22-21-23(32(16-28-21)18-5-3-2-4-6-18)31-24(30-22)29-20-15-25-13-14-26-20/h7-10,13-16,18H,2-6,11-12H2,1H3,(H2,26,27,29,30,31). The summed E-state index contributed by atoms with van der Waals surface area (Å²) in [4.78, 5) is 22.6. The molecule has 1 aliphatic carbocycles. The van der Waals surface area contributed by atoms with Gasteiger partial charge >= 0.3 is 0 Å². The van der Waals surface area contributed by atoms with Crippen LogP contribution < -0.4 is 15.4 Å². The summed E-state index contributed by atoms with van der Waals surface area (Å²) in [5.41, 5.74) is 2.86. The van der Waals surface area contributed by atoms with E-state index in [1.807, 2.05) is 18.5 Å². The molecule has 0 spiro atoms. The Morgan fingerprint density at radius 3 is 2.64 bits per heavy atom. The van der Waals surface area contributed by atoms with Crippen LogP contribution in [0.4, 0.5) is 17.6 Å². The van der Waals surface area contributed by atoms with Crippen molar-refractivity contribution >= 4 is 28.7 Å². The third-order valence-corrected chi connectivity index (χ3v) is 6.06. The van der Waals surface area contributed by atoms with Gasteiger partial charge in [0.25, 0.3) is 0 Å². The number of nitrogens with one attached hydrogen (secondary N) is 2. The zero-order chi connectivity index (χ0) is 22.5. The average molecular weight is 445 g/mol. The van der Waals surface area contributed by atoms with Crippen molar-refractivity contribution in [2.45, 2.75) is 44.6 Å². The second kappa shape index (κ2) is 9.81. The number of fused-ring (bicyclic) bond motifs is 1. The maximum Gasteiger partial charge on any atom is 0.232 e. The first kappa shape index (κ1) is 21.1. The minimum Gasteiger partial charge on any atom is -0.497 e.